The van der Waals surface area contributed by atoms with Crippen molar-refractivity contribution in [3.63, 3.8) is 0 Å². The van der Waals surface area contributed by atoms with Gasteiger partial charge in [-0.2, -0.15) is 0 Å². The average Bonchev–Trinajstić information content (AvgIpc) is 2.47. The summed E-state index contributed by atoms with van der Waals surface area (Å²) in [7, 11) is 0. The summed E-state index contributed by atoms with van der Waals surface area (Å²) in [5.74, 6) is -0.0838. The molecule has 1 aromatic rings. The van der Waals surface area contributed by atoms with Crippen molar-refractivity contribution in [1.29, 1.82) is 0 Å². The minimum Gasteiger partial charge on any atom is -0.395 e. The van der Waals surface area contributed by atoms with Crippen LogP contribution in [0.4, 0.5) is 0 Å². The highest BCUT2D eigenvalue weighted by molar-refractivity contribution is 6.30. The third-order valence-corrected chi connectivity index (χ3v) is 3.70. The van der Waals surface area contributed by atoms with Gasteiger partial charge in [0.25, 0.3) is 5.91 Å². The van der Waals surface area contributed by atoms with E-state index in [2.05, 4.69) is 15.1 Å². The lowest BCUT2D eigenvalue weighted by Gasteiger charge is -2.34. The van der Waals surface area contributed by atoms with E-state index in [1.54, 1.807) is 24.3 Å². The van der Waals surface area contributed by atoms with Gasteiger partial charge >= 0.3 is 0 Å². The first kappa shape index (κ1) is 15.3. The number of β-amino-alcohol motifs (C(OH)–C–C–N with tert-alkyl or cyclic N) is 1. The van der Waals surface area contributed by atoms with Crippen LogP contribution in [0.2, 0.25) is 5.02 Å². The van der Waals surface area contributed by atoms with Gasteiger partial charge in [-0.15, -0.1) is 0 Å². The summed E-state index contributed by atoms with van der Waals surface area (Å²) in [6.07, 6.45) is 0. The fourth-order valence-electron chi connectivity index (χ4n) is 2.20. The maximum absolute atomic E-state index is 11.9. The van der Waals surface area contributed by atoms with E-state index in [1.807, 2.05) is 0 Å². The van der Waals surface area contributed by atoms with Gasteiger partial charge in [0, 0.05) is 43.3 Å². The highest BCUT2D eigenvalue weighted by atomic mass is 35.5. The van der Waals surface area contributed by atoms with Crippen LogP contribution >= 0.6 is 11.6 Å². The van der Waals surface area contributed by atoms with Crippen molar-refractivity contribution in [1.82, 2.24) is 15.1 Å². The Morgan fingerprint density at radius 1 is 1.15 bits per heavy atom. The maximum atomic E-state index is 11.9. The molecular formula is C14H20ClN3O2. The Morgan fingerprint density at radius 2 is 1.75 bits per heavy atom. The molecule has 0 atom stereocenters. The van der Waals surface area contributed by atoms with E-state index in [1.165, 1.54) is 0 Å². The maximum Gasteiger partial charge on any atom is 0.252 e. The zero-order chi connectivity index (χ0) is 14.4. The molecule has 0 aromatic heterocycles. The van der Waals surface area contributed by atoms with Crippen LogP contribution in [0.1, 0.15) is 10.4 Å². The molecule has 2 N–H and O–H groups in total. The van der Waals surface area contributed by atoms with Gasteiger partial charge in [0.1, 0.15) is 0 Å². The van der Waals surface area contributed by atoms with Crippen molar-refractivity contribution in [3.05, 3.63) is 34.9 Å². The smallest absolute Gasteiger partial charge is 0.252 e. The van der Waals surface area contributed by atoms with E-state index in [4.69, 9.17) is 16.7 Å². The predicted octanol–water partition coefficient (Wildman–Crippen LogP) is 0.637. The summed E-state index contributed by atoms with van der Waals surface area (Å²) in [6.45, 7) is 5.14. The molecule has 0 radical (unpaired) electrons. The molecule has 1 aromatic carbocycles. The Bertz CT molecular complexity index is 431. The van der Waals surface area contributed by atoms with E-state index >= 15 is 0 Å². The summed E-state index contributed by atoms with van der Waals surface area (Å²) < 4.78 is 0. The van der Waals surface area contributed by atoms with Crippen LogP contribution in [-0.4, -0.2) is 66.8 Å². The zero-order valence-corrected chi connectivity index (χ0v) is 12.1. The Hall–Kier alpha value is -1.14. The summed E-state index contributed by atoms with van der Waals surface area (Å²) >= 11 is 5.79. The lowest BCUT2D eigenvalue weighted by atomic mass is 10.2. The molecular weight excluding hydrogens is 278 g/mol. The first-order chi connectivity index (χ1) is 9.69. The molecule has 2 rings (SSSR count). The van der Waals surface area contributed by atoms with Gasteiger partial charge in [-0.05, 0) is 24.3 Å². The molecule has 1 fully saturated rings. The van der Waals surface area contributed by atoms with E-state index in [9.17, 15) is 4.79 Å². The fourth-order valence-corrected chi connectivity index (χ4v) is 2.33. The minimum atomic E-state index is -0.0838. The van der Waals surface area contributed by atoms with Crippen molar-refractivity contribution in [3.8, 4) is 0 Å². The quantitative estimate of drug-likeness (QED) is 0.837. The molecule has 1 aliphatic rings. The van der Waals surface area contributed by atoms with Crippen LogP contribution in [0.3, 0.4) is 0 Å². The first-order valence-electron chi connectivity index (χ1n) is 6.78. The molecule has 1 heterocycles. The monoisotopic (exact) mass is 297 g/mol. The second-order valence-corrected chi connectivity index (χ2v) is 5.29. The van der Waals surface area contributed by atoms with Crippen molar-refractivity contribution in [2.75, 3.05) is 46.0 Å². The largest absolute Gasteiger partial charge is 0.395 e. The molecule has 1 aliphatic heterocycles. The van der Waals surface area contributed by atoms with Crippen LogP contribution in [0.25, 0.3) is 0 Å². The number of nitrogens with one attached hydrogen (secondary N) is 1. The number of hydrogen-bond donors (Lipinski definition) is 2. The van der Waals surface area contributed by atoms with Gasteiger partial charge in [-0.1, -0.05) is 11.6 Å². The van der Waals surface area contributed by atoms with Crippen molar-refractivity contribution in [2.24, 2.45) is 0 Å². The molecule has 110 valence electrons. The van der Waals surface area contributed by atoms with E-state index < -0.39 is 0 Å². The molecule has 0 spiro atoms. The van der Waals surface area contributed by atoms with Crippen molar-refractivity contribution in [2.45, 2.75) is 0 Å². The fraction of sp³-hybridized carbons (Fsp3) is 0.500. The lowest BCUT2D eigenvalue weighted by molar-refractivity contribution is 0.0847. The average molecular weight is 298 g/mol. The number of benzene rings is 1. The van der Waals surface area contributed by atoms with Crippen LogP contribution in [-0.2, 0) is 0 Å². The third kappa shape index (κ3) is 4.45. The summed E-state index contributed by atoms with van der Waals surface area (Å²) in [5, 5.41) is 12.4. The Labute approximate surface area is 124 Å². The number of amides is 1. The second kappa shape index (κ2) is 7.59. The topological polar surface area (TPSA) is 55.8 Å². The molecule has 5 nitrogen and oxygen atoms in total. The number of nitrogens with zero attached hydrogens (tertiary/aromatic N) is 2. The number of aliphatic hydroxyl groups is 1. The molecule has 0 unspecified atom stereocenters. The highest BCUT2D eigenvalue weighted by Crippen LogP contribution is 2.09. The van der Waals surface area contributed by atoms with Crippen molar-refractivity contribution >= 4 is 17.5 Å². The predicted molar refractivity (Wildman–Crippen MR) is 78.9 cm³/mol. The normalized spacial score (nSPS) is 17.1. The van der Waals surface area contributed by atoms with Gasteiger partial charge in [0.05, 0.1) is 13.3 Å². The Morgan fingerprint density at radius 3 is 2.35 bits per heavy atom. The second-order valence-electron chi connectivity index (χ2n) is 4.85. The number of rotatable bonds is 5. The van der Waals surface area contributed by atoms with E-state index in [-0.39, 0.29) is 12.5 Å². The van der Waals surface area contributed by atoms with E-state index in [0.717, 1.165) is 32.7 Å². The zero-order valence-electron chi connectivity index (χ0n) is 11.4. The third-order valence-electron chi connectivity index (χ3n) is 3.45. The number of carbonyl (C=O) groups excluding carboxylic acids is 1. The SMILES string of the molecule is O=C(NCN1CCN(CCO)CC1)c1ccc(Cl)cc1. The van der Waals surface area contributed by atoms with Gasteiger partial charge in [-0.3, -0.25) is 14.6 Å². The molecule has 0 bridgehead atoms. The van der Waals surface area contributed by atoms with Gasteiger partial charge in [0.15, 0.2) is 0 Å². The van der Waals surface area contributed by atoms with Crippen LogP contribution in [0.15, 0.2) is 24.3 Å². The molecule has 20 heavy (non-hydrogen) atoms. The van der Waals surface area contributed by atoms with Gasteiger partial charge in [-0.25, -0.2) is 0 Å². The molecule has 1 amide bonds. The van der Waals surface area contributed by atoms with Gasteiger partial charge < -0.3 is 10.4 Å². The number of halogens is 1. The minimum absolute atomic E-state index is 0.0838. The first-order valence-corrected chi connectivity index (χ1v) is 7.16. The lowest BCUT2D eigenvalue weighted by Crippen LogP contribution is -2.50. The Kier molecular flexibility index (Phi) is 5.79. The summed E-state index contributed by atoms with van der Waals surface area (Å²) in [6, 6.07) is 6.86. The molecule has 0 aliphatic carbocycles. The number of hydrogen-bond acceptors (Lipinski definition) is 4. The Balaban J connectivity index is 1.73. The molecule has 6 heteroatoms. The van der Waals surface area contributed by atoms with Crippen molar-refractivity contribution < 1.29 is 9.90 Å². The van der Waals surface area contributed by atoms with E-state index in [0.29, 0.717) is 17.3 Å². The molecule has 0 saturated carbocycles. The number of piperazine rings is 1. The summed E-state index contributed by atoms with van der Waals surface area (Å²) in [4.78, 5) is 16.4. The van der Waals surface area contributed by atoms with Crippen LogP contribution in [0.5, 0.6) is 0 Å². The highest BCUT2D eigenvalue weighted by Gasteiger charge is 2.16. The van der Waals surface area contributed by atoms with Gasteiger partial charge in [0.2, 0.25) is 0 Å². The van der Waals surface area contributed by atoms with Crippen LogP contribution < -0.4 is 5.32 Å². The summed E-state index contributed by atoms with van der Waals surface area (Å²) in [5.41, 5.74) is 0.619. The standard InChI is InChI=1S/C14H20ClN3O2/c15-13-3-1-12(2-4-13)14(20)16-11-18-7-5-17(6-8-18)9-10-19/h1-4,19H,5-11H2,(H,16,20). The van der Waals surface area contributed by atoms with Crippen LogP contribution in [0, 0.1) is 0 Å². The molecule has 1 saturated heterocycles. The number of carbonyl (C=O) groups is 1. The number of aliphatic hydroxyl groups excluding tert-OH is 1.